The summed E-state index contributed by atoms with van der Waals surface area (Å²) in [6, 6.07) is 12.1. The highest BCUT2D eigenvalue weighted by atomic mass is 32.1. The highest BCUT2D eigenvalue weighted by Crippen LogP contribution is 2.47. The second-order valence-electron chi connectivity index (χ2n) is 9.55. The van der Waals surface area contributed by atoms with E-state index in [9.17, 15) is 9.59 Å². The quantitative estimate of drug-likeness (QED) is 0.542. The van der Waals surface area contributed by atoms with Crippen LogP contribution in [0, 0.1) is 6.92 Å². The lowest BCUT2D eigenvalue weighted by molar-refractivity contribution is -0.144. The van der Waals surface area contributed by atoms with Gasteiger partial charge in [0.1, 0.15) is 11.9 Å². The van der Waals surface area contributed by atoms with Crippen LogP contribution in [0.15, 0.2) is 58.9 Å². The first-order chi connectivity index (χ1) is 16.4. The third-order valence-electron chi connectivity index (χ3n) is 7.23. The Labute approximate surface area is 204 Å². The van der Waals surface area contributed by atoms with Crippen LogP contribution in [-0.2, 0) is 14.3 Å². The number of Topliss-reactive ketones (excluding diaryl/α,β-unsaturated/α-hetero) is 1. The molecule has 6 heteroatoms. The standard InChI is InChI=1S/C28H31NO4S/c1-16-11-12-24(34-16)27-25(28(31)33-20-8-4-5-9-20)17(2)29-22-14-19(15-23(30)26(22)27)18-7-6-10-21(13-18)32-3/h6-7,10-13,19-20,27,29H,4-5,8-9,14-15H2,1-3H3/t19-,27+/m1/s1. The monoisotopic (exact) mass is 477 g/mol. The number of hydrogen-bond acceptors (Lipinski definition) is 6. The fourth-order valence-electron chi connectivity index (χ4n) is 5.55. The second kappa shape index (κ2) is 9.41. The van der Waals surface area contributed by atoms with E-state index in [4.69, 9.17) is 9.47 Å². The highest BCUT2D eigenvalue weighted by molar-refractivity contribution is 7.12. The average molecular weight is 478 g/mol. The van der Waals surface area contributed by atoms with Gasteiger partial charge in [-0.25, -0.2) is 4.79 Å². The Bertz CT molecular complexity index is 1180. The third-order valence-corrected chi connectivity index (χ3v) is 8.30. The van der Waals surface area contributed by atoms with E-state index >= 15 is 0 Å². The Morgan fingerprint density at radius 1 is 1.09 bits per heavy atom. The zero-order valence-corrected chi connectivity index (χ0v) is 20.8. The lowest BCUT2D eigenvalue weighted by Crippen LogP contribution is -2.36. The number of allylic oxidation sites excluding steroid dienone is 3. The van der Waals surface area contributed by atoms with E-state index in [2.05, 4.69) is 30.4 Å². The average Bonchev–Trinajstić information content (AvgIpc) is 3.49. The van der Waals surface area contributed by atoms with Crippen LogP contribution in [-0.4, -0.2) is 25.0 Å². The van der Waals surface area contributed by atoms with E-state index < -0.39 is 0 Å². The molecule has 0 spiro atoms. The second-order valence-corrected chi connectivity index (χ2v) is 10.9. The molecule has 1 aromatic carbocycles. The van der Waals surface area contributed by atoms with Crippen LogP contribution in [0.4, 0.5) is 0 Å². The Balaban J connectivity index is 1.51. The van der Waals surface area contributed by atoms with Gasteiger partial charge in [0.25, 0.3) is 0 Å². The van der Waals surface area contributed by atoms with E-state index in [0.29, 0.717) is 12.0 Å². The van der Waals surface area contributed by atoms with Gasteiger partial charge in [-0.2, -0.15) is 0 Å². The van der Waals surface area contributed by atoms with Gasteiger partial charge in [-0.15, -0.1) is 11.3 Å². The molecule has 1 N–H and O–H groups in total. The minimum absolute atomic E-state index is 0.0200. The third kappa shape index (κ3) is 4.31. The van der Waals surface area contributed by atoms with Gasteiger partial charge < -0.3 is 14.8 Å². The van der Waals surface area contributed by atoms with Crippen LogP contribution in [0.5, 0.6) is 5.75 Å². The summed E-state index contributed by atoms with van der Waals surface area (Å²) < 4.78 is 11.3. The van der Waals surface area contributed by atoms with Crippen LogP contribution >= 0.6 is 11.3 Å². The lowest BCUT2D eigenvalue weighted by Gasteiger charge is -2.36. The molecule has 0 amide bonds. The van der Waals surface area contributed by atoms with Gasteiger partial charge in [-0.3, -0.25) is 4.79 Å². The molecule has 1 saturated carbocycles. The number of thiophene rings is 1. The van der Waals surface area contributed by atoms with Crippen LogP contribution < -0.4 is 10.1 Å². The number of esters is 1. The smallest absolute Gasteiger partial charge is 0.337 e. The normalized spacial score (nSPS) is 23.1. The van der Waals surface area contributed by atoms with Gasteiger partial charge in [-0.05, 0) is 81.7 Å². The van der Waals surface area contributed by atoms with Gasteiger partial charge in [0.2, 0.25) is 0 Å². The van der Waals surface area contributed by atoms with Crippen LogP contribution in [0.1, 0.15) is 72.6 Å². The van der Waals surface area contributed by atoms with E-state index in [1.165, 1.54) is 0 Å². The summed E-state index contributed by atoms with van der Waals surface area (Å²) in [5, 5.41) is 3.45. The molecule has 5 nitrogen and oxygen atoms in total. The minimum atomic E-state index is -0.373. The van der Waals surface area contributed by atoms with E-state index in [0.717, 1.165) is 70.1 Å². The van der Waals surface area contributed by atoms with Crippen molar-refractivity contribution in [1.82, 2.24) is 5.32 Å². The molecule has 178 valence electrons. The van der Waals surface area contributed by atoms with Crippen molar-refractivity contribution in [2.75, 3.05) is 7.11 Å². The molecule has 2 heterocycles. The molecule has 2 atom stereocenters. The van der Waals surface area contributed by atoms with Gasteiger partial charge in [0.05, 0.1) is 18.6 Å². The maximum Gasteiger partial charge on any atom is 0.337 e. The van der Waals surface area contributed by atoms with Crippen molar-refractivity contribution in [3.8, 4) is 5.75 Å². The molecular formula is C28H31NO4S. The number of dihydropyridines is 1. The SMILES string of the molecule is COc1cccc([C@H]2CC(=O)C3=C(C2)NC(C)=C(C(=O)OC2CCCC2)[C@@H]3c2ccc(C)s2)c1. The number of benzene rings is 1. The minimum Gasteiger partial charge on any atom is -0.497 e. The van der Waals surface area contributed by atoms with Crippen molar-refractivity contribution in [1.29, 1.82) is 0 Å². The Hall–Kier alpha value is -2.86. The van der Waals surface area contributed by atoms with E-state index in [-0.39, 0.29) is 29.7 Å². The van der Waals surface area contributed by atoms with Gasteiger partial charge in [0, 0.05) is 33.1 Å². The summed E-state index contributed by atoms with van der Waals surface area (Å²) in [4.78, 5) is 29.3. The number of rotatable bonds is 5. The maximum atomic E-state index is 13.7. The summed E-state index contributed by atoms with van der Waals surface area (Å²) in [6.45, 7) is 3.99. The molecule has 3 aliphatic rings. The van der Waals surface area contributed by atoms with E-state index in [1.807, 2.05) is 25.1 Å². The predicted molar refractivity (Wildman–Crippen MR) is 133 cm³/mol. The van der Waals surface area contributed by atoms with Gasteiger partial charge >= 0.3 is 5.97 Å². The molecule has 0 saturated heterocycles. The predicted octanol–water partition coefficient (Wildman–Crippen LogP) is 5.91. The number of carbonyl (C=O) groups excluding carboxylic acids is 2. The summed E-state index contributed by atoms with van der Waals surface area (Å²) in [5.41, 5.74) is 4.12. The first-order valence-electron chi connectivity index (χ1n) is 12.1. The molecule has 2 aromatic rings. The fourth-order valence-corrected chi connectivity index (χ4v) is 6.55. The number of ether oxygens (including phenoxy) is 2. The van der Waals surface area contributed by atoms with Crippen LogP contribution in [0.25, 0.3) is 0 Å². The molecule has 1 aromatic heterocycles. The van der Waals surface area contributed by atoms with Gasteiger partial charge in [-0.1, -0.05) is 12.1 Å². The maximum absolute atomic E-state index is 13.7. The molecule has 0 bridgehead atoms. The molecule has 34 heavy (non-hydrogen) atoms. The van der Waals surface area contributed by atoms with Crippen LogP contribution in [0.3, 0.4) is 0 Å². The van der Waals surface area contributed by atoms with Crippen molar-refractivity contribution in [2.45, 2.75) is 70.3 Å². The molecular weight excluding hydrogens is 446 g/mol. The number of nitrogens with one attached hydrogen (secondary N) is 1. The molecule has 2 aliphatic carbocycles. The number of methoxy groups -OCH3 is 1. The zero-order chi connectivity index (χ0) is 23.8. The van der Waals surface area contributed by atoms with Gasteiger partial charge in [0.15, 0.2) is 5.78 Å². The number of carbonyl (C=O) groups is 2. The summed E-state index contributed by atoms with van der Waals surface area (Å²) in [7, 11) is 1.66. The Morgan fingerprint density at radius 2 is 1.88 bits per heavy atom. The molecule has 5 rings (SSSR count). The first-order valence-corrected chi connectivity index (χ1v) is 12.9. The summed E-state index contributed by atoms with van der Waals surface area (Å²) >= 11 is 1.65. The molecule has 1 aliphatic heterocycles. The Kier molecular flexibility index (Phi) is 6.34. The molecule has 1 fully saturated rings. The summed E-state index contributed by atoms with van der Waals surface area (Å²) in [6.07, 6.45) is 5.15. The van der Waals surface area contributed by atoms with Crippen molar-refractivity contribution in [3.05, 3.63) is 74.3 Å². The largest absolute Gasteiger partial charge is 0.497 e. The van der Waals surface area contributed by atoms with Crippen LogP contribution in [0.2, 0.25) is 0 Å². The Morgan fingerprint density at radius 3 is 2.59 bits per heavy atom. The van der Waals surface area contributed by atoms with Crippen molar-refractivity contribution in [3.63, 3.8) is 0 Å². The lowest BCUT2D eigenvalue weighted by atomic mass is 9.73. The summed E-state index contributed by atoms with van der Waals surface area (Å²) in [5.74, 6) is 0.293. The van der Waals surface area contributed by atoms with Crippen molar-refractivity contribution < 1.29 is 19.1 Å². The number of ketones is 1. The highest BCUT2D eigenvalue weighted by Gasteiger charge is 2.42. The topological polar surface area (TPSA) is 64.6 Å². The number of aryl methyl sites for hydroxylation is 1. The van der Waals surface area contributed by atoms with Crippen molar-refractivity contribution >= 4 is 23.1 Å². The fraction of sp³-hybridized carbons (Fsp3) is 0.429. The zero-order valence-electron chi connectivity index (χ0n) is 20.0. The first kappa shape index (κ1) is 22.9. The molecule has 0 unspecified atom stereocenters. The van der Waals surface area contributed by atoms with E-state index in [1.54, 1.807) is 18.4 Å². The number of hydrogen-bond donors (Lipinski definition) is 1. The van der Waals surface area contributed by atoms with Crippen molar-refractivity contribution in [2.24, 2.45) is 0 Å². The molecule has 0 radical (unpaired) electrons.